The average Bonchev–Trinajstić information content (AvgIpc) is 2.36. The van der Waals surface area contributed by atoms with Crippen LogP contribution in [-0.4, -0.2) is 29.4 Å². The Labute approximate surface area is 127 Å². The summed E-state index contributed by atoms with van der Waals surface area (Å²) in [5, 5.41) is 0. The minimum absolute atomic E-state index is 0.260. The number of aldehydes is 1. The largest absolute Gasteiger partial charge is 0.444 e. The van der Waals surface area contributed by atoms with Gasteiger partial charge in [-0.3, -0.25) is 0 Å². The van der Waals surface area contributed by atoms with Crippen molar-refractivity contribution in [2.24, 2.45) is 0 Å². The van der Waals surface area contributed by atoms with Crippen LogP contribution in [0.2, 0.25) is 0 Å². The number of nitrogens with zero attached hydrogens (tertiary/aromatic N) is 1. The second-order valence-corrected chi connectivity index (χ2v) is 6.10. The van der Waals surface area contributed by atoms with Crippen molar-refractivity contribution in [2.45, 2.75) is 52.7 Å². The molecule has 1 atom stereocenters. The summed E-state index contributed by atoms with van der Waals surface area (Å²) in [6.07, 6.45) is 0.717. The van der Waals surface area contributed by atoms with Crippen molar-refractivity contribution in [3.05, 3.63) is 35.4 Å². The topological polar surface area (TPSA) is 46.6 Å². The van der Waals surface area contributed by atoms with E-state index < -0.39 is 11.7 Å². The minimum Gasteiger partial charge on any atom is -0.444 e. The summed E-state index contributed by atoms with van der Waals surface area (Å²) < 4.78 is 5.44. The third-order valence-electron chi connectivity index (χ3n) is 3.09. The Morgan fingerprint density at radius 1 is 1.38 bits per heavy atom. The van der Waals surface area contributed by atoms with Gasteiger partial charge in [0.1, 0.15) is 11.9 Å². The summed E-state index contributed by atoms with van der Waals surface area (Å²) in [6.45, 7) is 9.87. The van der Waals surface area contributed by atoms with E-state index in [-0.39, 0.29) is 12.5 Å². The molecular formula is C17H25NO3. The molecule has 0 aliphatic carbocycles. The van der Waals surface area contributed by atoms with Gasteiger partial charge in [-0.25, -0.2) is 4.79 Å². The van der Waals surface area contributed by atoms with E-state index in [1.165, 1.54) is 0 Å². The number of rotatable bonds is 5. The van der Waals surface area contributed by atoms with E-state index in [9.17, 15) is 9.59 Å². The number of hydrogen-bond acceptors (Lipinski definition) is 3. The summed E-state index contributed by atoms with van der Waals surface area (Å²) in [6, 6.07) is 7.58. The van der Waals surface area contributed by atoms with E-state index in [1.54, 1.807) is 4.90 Å². The van der Waals surface area contributed by atoms with Gasteiger partial charge in [-0.2, -0.15) is 0 Å². The van der Waals surface area contributed by atoms with Crippen molar-refractivity contribution in [3.63, 3.8) is 0 Å². The maximum absolute atomic E-state index is 12.4. The molecule has 0 heterocycles. The van der Waals surface area contributed by atoms with Crippen LogP contribution in [0.25, 0.3) is 0 Å². The van der Waals surface area contributed by atoms with E-state index in [0.29, 0.717) is 6.54 Å². The highest BCUT2D eigenvalue weighted by atomic mass is 16.6. The third kappa shape index (κ3) is 5.21. The zero-order valence-electron chi connectivity index (χ0n) is 13.6. The second kappa shape index (κ2) is 7.25. The van der Waals surface area contributed by atoms with E-state index in [1.807, 2.05) is 58.9 Å². The fourth-order valence-corrected chi connectivity index (χ4v) is 2.21. The second-order valence-electron chi connectivity index (χ2n) is 6.10. The molecule has 4 heteroatoms. The molecule has 0 saturated carbocycles. The van der Waals surface area contributed by atoms with E-state index >= 15 is 0 Å². The molecule has 0 fully saturated rings. The van der Waals surface area contributed by atoms with Gasteiger partial charge in [-0.05, 0) is 40.2 Å². The number of aryl methyl sites for hydroxylation is 1. The van der Waals surface area contributed by atoms with Crippen LogP contribution in [0.4, 0.5) is 4.79 Å². The minimum atomic E-state index is -0.553. The van der Waals surface area contributed by atoms with Gasteiger partial charge in [0, 0.05) is 13.0 Å². The van der Waals surface area contributed by atoms with Gasteiger partial charge in [0.2, 0.25) is 0 Å². The van der Waals surface area contributed by atoms with Crippen LogP contribution in [0, 0.1) is 6.92 Å². The fraction of sp³-hybridized carbons (Fsp3) is 0.529. The Kier molecular flexibility index (Phi) is 5.94. The molecule has 21 heavy (non-hydrogen) atoms. The summed E-state index contributed by atoms with van der Waals surface area (Å²) >= 11 is 0. The molecule has 1 rings (SSSR count). The quantitative estimate of drug-likeness (QED) is 0.773. The van der Waals surface area contributed by atoms with Crippen molar-refractivity contribution in [2.75, 3.05) is 6.54 Å². The molecule has 1 aromatic carbocycles. The molecule has 1 unspecified atom stereocenters. The number of hydrogen-bond donors (Lipinski definition) is 0. The van der Waals surface area contributed by atoms with Crippen LogP contribution < -0.4 is 0 Å². The van der Waals surface area contributed by atoms with Crippen LogP contribution >= 0.6 is 0 Å². The molecule has 0 radical (unpaired) electrons. The molecule has 1 aromatic rings. The molecule has 116 valence electrons. The van der Waals surface area contributed by atoms with Gasteiger partial charge in [0.15, 0.2) is 0 Å². The Hall–Kier alpha value is -1.84. The highest BCUT2D eigenvalue weighted by Gasteiger charge is 2.28. The van der Waals surface area contributed by atoms with E-state index in [2.05, 4.69) is 0 Å². The average molecular weight is 291 g/mol. The molecule has 0 N–H and O–H groups in total. The first kappa shape index (κ1) is 17.2. The first-order valence-corrected chi connectivity index (χ1v) is 7.28. The fourth-order valence-electron chi connectivity index (χ4n) is 2.21. The molecule has 0 aliphatic rings. The highest BCUT2D eigenvalue weighted by Crippen LogP contribution is 2.26. The molecule has 4 nitrogen and oxygen atoms in total. The van der Waals surface area contributed by atoms with Gasteiger partial charge in [-0.15, -0.1) is 0 Å². The number of ether oxygens (including phenoxy) is 1. The van der Waals surface area contributed by atoms with Crippen LogP contribution in [0.3, 0.4) is 0 Å². The van der Waals surface area contributed by atoms with Crippen LogP contribution in [0.1, 0.15) is 51.3 Å². The lowest BCUT2D eigenvalue weighted by Crippen LogP contribution is -2.39. The van der Waals surface area contributed by atoms with Crippen LogP contribution in [0.15, 0.2) is 24.3 Å². The smallest absolute Gasteiger partial charge is 0.410 e. The van der Waals surface area contributed by atoms with E-state index in [0.717, 1.165) is 17.4 Å². The van der Waals surface area contributed by atoms with Gasteiger partial charge in [0.05, 0.1) is 6.04 Å². The van der Waals surface area contributed by atoms with Gasteiger partial charge >= 0.3 is 6.09 Å². The lowest BCUT2D eigenvalue weighted by Gasteiger charge is -2.32. The first-order valence-electron chi connectivity index (χ1n) is 7.28. The Balaban J connectivity index is 3.06. The van der Waals surface area contributed by atoms with Gasteiger partial charge < -0.3 is 14.4 Å². The monoisotopic (exact) mass is 291 g/mol. The molecule has 0 aliphatic heterocycles. The lowest BCUT2D eigenvalue weighted by molar-refractivity contribution is -0.108. The third-order valence-corrected chi connectivity index (χ3v) is 3.09. The predicted molar refractivity (Wildman–Crippen MR) is 83.2 cm³/mol. The zero-order chi connectivity index (χ0) is 16.0. The maximum Gasteiger partial charge on any atom is 0.410 e. The number of carbonyl (C=O) groups is 2. The molecule has 0 saturated heterocycles. The van der Waals surface area contributed by atoms with Crippen molar-refractivity contribution >= 4 is 12.4 Å². The van der Waals surface area contributed by atoms with Crippen molar-refractivity contribution in [1.29, 1.82) is 0 Å². The van der Waals surface area contributed by atoms with Crippen molar-refractivity contribution < 1.29 is 14.3 Å². The lowest BCUT2D eigenvalue weighted by atomic mass is 10.0. The van der Waals surface area contributed by atoms with Crippen molar-refractivity contribution in [3.8, 4) is 0 Å². The highest BCUT2D eigenvalue weighted by molar-refractivity contribution is 5.69. The molecule has 0 bridgehead atoms. The standard InChI is InChI=1S/C17H25NO3/c1-6-18(16(20)21-17(3,4)5)15(10-11-19)14-9-7-8-13(2)12-14/h7-9,11-12,15H,6,10H2,1-5H3. The Bertz CT molecular complexity index is 491. The molecular weight excluding hydrogens is 266 g/mol. The maximum atomic E-state index is 12.4. The number of benzene rings is 1. The Morgan fingerprint density at radius 2 is 2.05 bits per heavy atom. The number of amides is 1. The summed E-state index contributed by atoms with van der Waals surface area (Å²) in [7, 11) is 0. The van der Waals surface area contributed by atoms with E-state index in [4.69, 9.17) is 4.74 Å². The van der Waals surface area contributed by atoms with Gasteiger partial charge in [0.25, 0.3) is 0 Å². The normalized spacial score (nSPS) is 12.6. The summed E-state index contributed by atoms with van der Waals surface area (Å²) in [5.41, 5.74) is 1.50. The zero-order valence-corrected chi connectivity index (χ0v) is 13.6. The summed E-state index contributed by atoms with van der Waals surface area (Å²) in [4.78, 5) is 25.0. The number of carbonyl (C=O) groups excluding carboxylic acids is 2. The molecule has 0 spiro atoms. The van der Waals surface area contributed by atoms with Gasteiger partial charge in [-0.1, -0.05) is 29.8 Å². The van der Waals surface area contributed by atoms with Crippen LogP contribution in [0.5, 0.6) is 0 Å². The first-order chi connectivity index (χ1) is 9.78. The SMILES string of the molecule is CCN(C(=O)OC(C)(C)C)C(CC=O)c1cccc(C)c1. The molecule has 1 amide bonds. The molecule has 0 aromatic heterocycles. The van der Waals surface area contributed by atoms with Crippen LogP contribution in [-0.2, 0) is 9.53 Å². The Morgan fingerprint density at radius 3 is 2.52 bits per heavy atom. The summed E-state index contributed by atoms with van der Waals surface area (Å²) in [5.74, 6) is 0. The van der Waals surface area contributed by atoms with Crippen molar-refractivity contribution in [1.82, 2.24) is 4.90 Å². The predicted octanol–water partition coefficient (Wildman–Crippen LogP) is 3.88.